The Labute approximate surface area is 145 Å². The van der Waals surface area contributed by atoms with E-state index >= 15 is 0 Å². The molecule has 2 N–H and O–H groups in total. The molecule has 0 atom stereocenters. The van der Waals surface area contributed by atoms with Crippen LogP contribution in [-0.4, -0.2) is 40.6 Å². The number of carbonyl (C=O) groups excluding carboxylic acids is 1. The average Bonchev–Trinajstić information content (AvgIpc) is 3.16. The Morgan fingerprint density at radius 1 is 1.24 bits per heavy atom. The van der Waals surface area contributed by atoms with E-state index in [4.69, 9.17) is 14.2 Å². The fourth-order valence-corrected chi connectivity index (χ4v) is 2.91. The molecular formula is C18H21NO6. The molecule has 0 saturated carbocycles. The Morgan fingerprint density at radius 2 is 2.04 bits per heavy atom. The average molecular weight is 347 g/mol. The summed E-state index contributed by atoms with van der Waals surface area (Å²) in [7, 11) is 0. The van der Waals surface area contributed by atoms with Gasteiger partial charge in [0.15, 0.2) is 17.2 Å². The molecule has 0 bridgehead atoms. The van der Waals surface area contributed by atoms with Gasteiger partial charge in [-0.1, -0.05) is 0 Å². The van der Waals surface area contributed by atoms with Crippen LogP contribution in [0.25, 0.3) is 5.69 Å². The first-order valence-electron chi connectivity index (χ1n) is 8.24. The number of aromatic hydroxyl groups is 2. The van der Waals surface area contributed by atoms with Gasteiger partial charge in [-0.15, -0.1) is 0 Å². The van der Waals surface area contributed by atoms with Gasteiger partial charge < -0.3 is 24.4 Å². The molecule has 1 aromatic heterocycles. The first-order valence-corrected chi connectivity index (χ1v) is 8.24. The predicted molar refractivity (Wildman–Crippen MR) is 89.6 cm³/mol. The first-order chi connectivity index (χ1) is 12.1. The van der Waals surface area contributed by atoms with E-state index < -0.39 is 11.7 Å². The third kappa shape index (κ3) is 3.02. The minimum Gasteiger partial charge on any atom is -0.503 e. The van der Waals surface area contributed by atoms with Crippen molar-refractivity contribution < 1.29 is 29.2 Å². The van der Waals surface area contributed by atoms with Crippen LogP contribution in [0.1, 0.15) is 35.6 Å². The summed E-state index contributed by atoms with van der Waals surface area (Å²) >= 11 is 0. The van der Waals surface area contributed by atoms with Crippen molar-refractivity contribution in [3.8, 4) is 22.9 Å². The minimum absolute atomic E-state index is 0.0445. The van der Waals surface area contributed by atoms with Crippen LogP contribution in [0, 0.1) is 0 Å². The fourth-order valence-electron chi connectivity index (χ4n) is 2.91. The highest BCUT2D eigenvalue weighted by molar-refractivity contribution is 5.93. The molecular weight excluding hydrogens is 326 g/mol. The highest BCUT2D eigenvalue weighted by Crippen LogP contribution is 2.40. The van der Waals surface area contributed by atoms with Crippen LogP contribution in [0.4, 0.5) is 0 Å². The summed E-state index contributed by atoms with van der Waals surface area (Å²) in [5.74, 6) is -0.804. The van der Waals surface area contributed by atoms with E-state index in [1.54, 1.807) is 13.0 Å². The summed E-state index contributed by atoms with van der Waals surface area (Å²) in [5, 5.41) is 20.6. The van der Waals surface area contributed by atoms with Gasteiger partial charge in [-0.3, -0.25) is 4.57 Å². The lowest BCUT2D eigenvalue weighted by atomic mass is 10.1. The predicted octanol–water partition coefficient (Wildman–Crippen LogP) is 2.54. The second kappa shape index (κ2) is 7.06. The van der Waals surface area contributed by atoms with Crippen LogP contribution in [0.2, 0.25) is 0 Å². The maximum absolute atomic E-state index is 12.4. The summed E-state index contributed by atoms with van der Waals surface area (Å²) in [4.78, 5) is 12.4. The summed E-state index contributed by atoms with van der Waals surface area (Å²) in [5.41, 5.74) is 1.80. The van der Waals surface area contributed by atoms with E-state index in [1.165, 1.54) is 4.57 Å². The van der Waals surface area contributed by atoms with E-state index in [0.29, 0.717) is 24.6 Å². The molecule has 25 heavy (non-hydrogen) atoms. The molecule has 1 aromatic carbocycles. The Kier molecular flexibility index (Phi) is 4.85. The van der Waals surface area contributed by atoms with Crippen molar-refractivity contribution in [3.05, 3.63) is 35.2 Å². The number of fused-ring (bicyclic) bond motifs is 1. The van der Waals surface area contributed by atoms with Crippen molar-refractivity contribution >= 4 is 5.97 Å². The molecule has 0 aliphatic carbocycles. The van der Waals surface area contributed by atoms with Gasteiger partial charge in [0.2, 0.25) is 0 Å². The Balaban J connectivity index is 2.17. The van der Waals surface area contributed by atoms with Crippen molar-refractivity contribution in [3.63, 3.8) is 0 Å². The Hall–Kier alpha value is -2.67. The molecule has 7 heteroatoms. The number of rotatable bonds is 6. The summed E-state index contributed by atoms with van der Waals surface area (Å²) in [6.07, 6.45) is 0.762. The first kappa shape index (κ1) is 17.2. The lowest BCUT2D eigenvalue weighted by Crippen LogP contribution is -2.13. The molecule has 2 aromatic rings. The van der Waals surface area contributed by atoms with Crippen molar-refractivity contribution in [2.24, 2.45) is 0 Å². The molecule has 134 valence electrons. The van der Waals surface area contributed by atoms with Gasteiger partial charge in [0.05, 0.1) is 25.5 Å². The minimum atomic E-state index is -0.713. The molecule has 0 amide bonds. The third-order valence-electron chi connectivity index (χ3n) is 4.06. The quantitative estimate of drug-likeness (QED) is 0.781. The molecule has 7 nitrogen and oxygen atoms in total. The number of hydrogen-bond donors (Lipinski definition) is 2. The standard InChI is InChI=1S/C18H21NO6/c1-3-23-10-13-16(20)17(21)15(18(22)24-4-2)19(13)12-5-6-14-11(9-12)7-8-25-14/h5-6,9,20-21H,3-4,7-8,10H2,1-2H3. The van der Waals surface area contributed by atoms with Crippen molar-refractivity contribution in [2.75, 3.05) is 19.8 Å². The van der Waals surface area contributed by atoms with Crippen LogP contribution in [-0.2, 0) is 22.5 Å². The van der Waals surface area contributed by atoms with Gasteiger partial charge >= 0.3 is 5.97 Å². The summed E-state index contributed by atoms with van der Waals surface area (Å²) in [6, 6.07) is 5.45. The molecule has 0 spiro atoms. The summed E-state index contributed by atoms with van der Waals surface area (Å²) < 4.78 is 17.4. The van der Waals surface area contributed by atoms with Crippen molar-refractivity contribution in [1.82, 2.24) is 4.57 Å². The van der Waals surface area contributed by atoms with Crippen LogP contribution >= 0.6 is 0 Å². The zero-order chi connectivity index (χ0) is 18.0. The van der Waals surface area contributed by atoms with E-state index in [9.17, 15) is 15.0 Å². The maximum Gasteiger partial charge on any atom is 0.359 e. The fraction of sp³-hybridized carbons (Fsp3) is 0.389. The largest absolute Gasteiger partial charge is 0.503 e. The van der Waals surface area contributed by atoms with Crippen LogP contribution in [0.5, 0.6) is 17.2 Å². The van der Waals surface area contributed by atoms with Gasteiger partial charge in [0.1, 0.15) is 5.75 Å². The van der Waals surface area contributed by atoms with Gasteiger partial charge in [-0.2, -0.15) is 0 Å². The van der Waals surface area contributed by atoms with E-state index in [1.807, 2.05) is 19.1 Å². The molecule has 0 unspecified atom stereocenters. The molecule has 0 fully saturated rings. The topological polar surface area (TPSA) is 90.1 Å². The number of nitrogens with zero attached hydrogens (tertiary/aromatic N) is 1. The van der Waals surface area contributed by atoms with Gasteiger partial charge in [0.25, 0.3) is 0 Å². The number of carbonyl (C=O) groups is 1. The lowest BCUT2D eigenvalue weighted by molar-refractivity contribution is 0.0512. The van der Waals surface area contributed by atoms with Crippen molar-refractivity contribution in [1.29, 1.82) is 0 Å². The SMILES string of the molecule is CCOCc1c(O)c(O)c(C(=O)OCC)n1-c1ccc2c(c1)CCO2. The number of ether oxygens (including phenoxy) is 3. The second-order valence-electron chi connectivity index (χ2n) is 5.58. The molecule has 1 aliphatic heterocycles. The zero-order valence-electron chi connectivity index (χ0n) is 14.2. The molecule has 1 aliphatic rings. The number of benzene rings is 1. The lowest BCUT2D eigenvalue weighted by Gasteiger charge is -2.13. The van der Waals surface area contributed by atoms with Gasteiger partial charge in [-0.05, 0) is 37.6 Å². The second-order valence-corrected chi connectivity index (χ2v) is 5.58. The molecule has 3 rings (SSSR count). The molecule has 0 radical (unpaired) electrons. The van der Waals surface area contributed by atoms with E-state index in [2.05, 4.69) is 0 Å². The zero-order valence-corrected chi connectivity index (χ0v) is 14.2. The normalized spacial score (nSPS) is 12.7. The van der Waals surface area contributed by atoms with E-state index in [-0.39, 0.29) is 24.7 Å². The highest BCUT2D eigenvalue weighted by Gasteiger charge is 2.29. The Bertz CT molecular complexity index is 795. The van der Waals surface area contributed by atoms with Gasteiger partial charge in [-0.25, -0.2) is 4.79 Å². The van der Waals surface area contributed by atoms with Crippen LogP contribution in [0.15, 0.2) is 18.2 Å². The summed E-state index contributed by atoms with van der Waals surface area (Å²) in [6.45, 7) is 4.74. The number of aromatic nitrogens is 1. The van der Waals surface area contributed by atoms with Crippen molar-refractivity contribution in [2.45, 2.75) is 26.9 Å². The van der Waals surface area contributed by atoms with E-state index in [0.717, 1.165) is 17.7 Å². The smallest absolute Gasteiger partial charge is 0.359 e. The molecule has 0 saturated heterocycles. The maximum atomic E-state index is 12.4. The van der Waals surface area contributed by atoms with Crippen LogP contribution < -0.4 is 4.74 Å². The monoisotopic (exact) mass is 347 g/mol. The Morgan fingerprint density at radius 3 is 2.76 bits per heavy atom. The number of esters is 1. The molecule has 2 heterocycles. The third-order valence-corrected chi connectivity index (χ3v) is 4.06. The highest BCUT2D eigenvalue weighted by atomic mass is 16.5. The van der Waals surface area contributed by atoms with Crippen LogP contribution in [0.3, 0.4) is 0 Å². The number of hydrogen-bond acceptors (Lipinski definition) is 6. The van der Waals surface area contributed by atoms with Gasteiger partial charge in [0, 0.05) is 18.7 Å².